The van der Waals surface area contributed by atoms with Crippen molar-refractivity contribution in [3.63, 3.8) is 0 Å². The van der Waals surface area contributed by atoms with Crippen LogP contribution >= 0.6 is 0 Å². The summed E-state index contributed by atoms with van der Waals surface area (Å²) in [5.41, 5.74) is 1.17. The highest BCUT2D eigenvalue weighted by atomic mass is 16.5. The van der Waals surface area contributed by atoms with E-state index in [1.807, 2.05) is 0 Å². The molecule has 0 aliphatic carbocycles. The zero-order valence-electron chi connectivity index (χ0n) is 12.1. The van der Waals surface area contributed by atoms with Crippen molar-refractivity contribution in [2.45, 2.75) is 18.9 Å². The number of hydrogen-bond acceptors (Lipinski definition) is 5. The van der Waals surface area contributed by atoms with E-state index in [2.05, 4.69) is 15.3 Å². The van der Waals surface area contributed by atoms with Gasteiger partial charge in [0.2, 0.25) is 5.88 Å². The molecule has 1 fully saturated rings. The normalized spacial score (nSPS) is 17.2. The van der Waals surface area contributed by atoms with Crippen LogP contribution in [0.25, 0.3) is 0 Å². The Morgan fingerprint density at radius 2 is 2.18 bits per heavy atom. The van der Waals surface area contributed by atoms with E-state index < -0.39 is 0 Å². The molecule has 1 N–H and O–H groups in total. The van der Waals surface area contributed by atoms with Crippen molar-refractivity contribution in [3.8, 4) is 5.88 Å². The quantitative estimate of drug-likeness (QED) is 0.917. The van der Waals surface area contributed by atoms with Gasteiger partial charge >= 0.3 is 0 Å². The van der Waals surface area contributed by atoms with Crippen LogP contribution in [-0.4, -0.2) is 35.2 Å². The van der Waals surface area contributed by atoms with Crippen molar-refractivity contribution < 1.29 is 14.3 Å². The van der Waals surface area contributed by atoms with E-state index >= 15 is 0 Å². The number of aromatic nitrogens is 2. The minimum atomic E-state index is -0.218. The van der Waals surface area contributed by atoms with Crippen molar-refractivity contribution in [1.29, 1.82) is 0 Å². The van der Waals surface area contributed by atoms with Gasteiger partial charge in [0.1, 0.15) is 6.61 Å². The van der Waals surface area contributed by atoms with Crippen LogP contribution in [0, 0.1) is 0 Å². The van der Waals surface area contributed by atoms with Crippen LogP contribution in [0.1, 0.15) is 23.2 Å². The van der Waals surface area contributed by atoms with Crippen LogP contribution < -0.4 is 10.1 Å². The summed E-state index contributed by atoms with van der Waals surface area (Å²) in [6.07, 6.45) is 6.99. The molecule has 0 radical (unpaired) electrons. The van der Waals surface area contributed by atoms with Gasteiger partial charge in [0.15, 0.2) is 0 Å². The Bertz CT molecular complexity index is 610. The third-order valence-electron chi connectivity index (χ3n) is 3.38. The Labute approximate surface area is 128 Å². The Morgan fingerprint density at radius 3 is 2.86 bits per heavy atom. The second-order valence-corrected chi connectivity index (χ2v) is 5.02. The van der Waals surface area contributed by atoms with Crippen LogP contribution in [0.4, 0.5) is 5.69 Å². The van der Waals surface area contributed by atoms with Gasteiger partial charge in [0, 0.05) is 37.0 Å². The first kappa shape index (κ1) is 14.5. The highest BCUT2D eigenvalue weighted by Gasteiger charge is 2.16. The molecule has 1 atom stereocenters. The van der Waals surface area contributed by atoms with Crippen molar-refractivity contribution in [2.24, 2.45) is 0 Å². The molecule has 1 aliphatic heterocycles. The van der Waals surface area contributed by atoms with Gasteiger partial charge in [-0.1, -0.05) is 0 Å². The number of nitrogens with one attached hydrogen (secondary N) is 1. The molecule has 2 aromatic rings. The molecule has 0 spiro atoms. The second-order valence-electron chi connectivity index (χ2n) is 5.02. The van der Waals surface area contributed by atoms with Crippen molar-refractivity contribution in [3.05, 3.63) is 48.4 Å². The van der Waals surface area contributed by atoms with Crippen LogP contribution in [0.2, 0.25) is 0 Å². The molecule has 3 heterocycles. The topological polar surface area (TPSA) is 73.3 Å². The minimum absolute atomic E-state index is 0.150. The van der Waals surface area contributed by atoms with E-state index in [9.17, 15) is 4.79 Å². The van der Waals surface area contributed by atoms with Crippen LogP contribution in [0.5, 0.6) is 5.88 Å². The second kappa shape index (κ2) is 7.00. The summed E-state index contributed by atoms with van der Waals surface area (Å²) in [5.74, 6) is 0.278. The molecule has 3 rings (SSSR count). The zero-order chi connectivity index (χ0) is 15.2. The highest BCUT2D eigenvalue weighted by molar-refractivity contribution is 6.04. The fourth-order valence-corrected chi connectivity index (χ4v) is 2.19. The molecule has 0 saturated carbocycles. The maximum Gasteiger partial charge on any atom is 0.257 e. The average Bonchev–Trinajstić information content (AvgIpc) is 3.08. The molecule has 114 valence electrons. The summed E-state index contributed by atoms with van der Waals surface area (Å²) in [6, 6.07) is 6.83. The summed E-state index contributed by atoms with van der Waals surface area (Å²) >= 11 is 0. The average molecular weight is 299 g/mol. The van der Waals surface area contributed by atoms with Gasteiger partial charge in [0.05, 0.1) is 11.7 Å². The van der Waals surface area contributed by atoms with Gasteiger partial charge in [-0.05, 0) is 31.0 Å². The first-order valence-electron chi connectivity index (χ1n) is 7.23. The standard InChI is InChI=1S/C16H17N3O3/c20-16(19-13-5-7-17-8-6-13)12-3-4-15(18-10-12)22-11-14-2-1-9-21-14/h3-8,10,14H,1-2,9,11H2,(H,17,19,20). The smallest absolute Gasteiger partial charge is 0.257 e. The third kappa shape index (κ3) is 3.79. The van der Waals surface area contributed by atoms with Gasteiger partial charge in [-0.25, -0.2) is 4.98 Å². The fourth-order valence-electron chi connectivity index (χ4n) is 2.19. The first-order valence-corrected chi connectivity index (χ1v) is 7.23. The van der Waals surface area contributed by atoms with Crippen LogP contribution in [-0.2, 0) is 4.74 Å². The van der Waals surface area contributed by atoms with Crippen LogP contribution in [0.3, 0.4) is 0 Å². The number of nitrogens with zero attached hydrogens (tertiary/aromatic N) is 2. The molecule has 6 heteroatoms. The van der Waals surface area contributed by atoms with Crippen molar-refractivity contribution >= 4 is 11.6 Å². The lowest BCUT2D eigenvalue weighted by molar-refractivity contribution is 0.0663. The molecule has 1 unspecified atom stereocenters. The van der Waals surface area contributed by atoms with Gasteiger partial charge in [0.25, 0.3) is 5.91 Å². The summed E-state index contributed by atoms with van der Waals surface area (Å²) in [6.45, 7) is 1.30. The Morgan fingerprint density at radius 1 is 1.32 bits per heavy atom. The van der Waals surface area contributed by atoms with Crippen molar-refractivity contribution in [1.82, 2.24) is 9.97 Å². The van der Waals surface area contributed by atoms with Gasteiger partial charge in [-0.2, -0.15) is 0 Å². The highest BCUT2D eigenvalue weighted by Crippen LogP contribution is 2.15. The number of hydrogen-bond donors (Lipinski definition) is 1. The third-order valence-corrected chi connectivity index (χ3v) is 3.38. The van der Waals surface area contributed by atoms with E-state index in [1.54, 1.807) is 36.7 Å². The molecular weight excluding hydrogens is 282 g/mol. The Balaban J connectivity index is 1.55. The lowest BCUT2D eigenvalue weighted by Crippen LogP contribution is -2.17. The minimum Gasteiger partial charge on any atom is -0.475 e. The number of amides is 1. The van der Waals surface area contributed by atoms with E-state index in [0.717, 1.165) is 19.4 Å². The molecule has 0 bridgehead atoms. The predicted octanol–water partition coefficient (Wildman–Crippen LogP) is 2.29. The monoisotopic (exact) mass is 299 g/mol. The largest absolute Gasteiger partial charge is 0.475 e. The summed E-state index contributed by atoms with van der Waals surface area (Å²) < 4.78 is 11.0. The number of ether oxygens (including phenoxy) is 2. The Hall–Kier alpha value is -2.47. The molecule has 6 nitrogen and oxygen atoms in total. The SMILES string of the molecule is O=C(Nc1ccncc1)c1ccc(OCC2CCCO2)nc1. The fraction of sp³-hybridized carbons (Fsp3) is 0.312. The van der Waals surface area contributed by atoms with E-state index in [0.29, 0.717) is 23.7 Å². The van der Waals surface area contributed by atoms with E-state index in [-0.39, 0.29) is 12.0 Å². The van der Waals surface area contributed by atoms with Gasteiger partial charge in [-0.15, -0.1) is 0 Å². The molecule has 1 aliphatic rings. The number of pyridine rings is 2. The van der Waals surface area contributed by atoms with Crippen molar-refractivity contribution in [2.75, 3.05) is 18.5 Å². The molecule has 0 aromatic carbocycles. The lowest BCUT2D eigenvalue weighted by Gasteiger charge is -2.11. The molecule has 2 aromatic heterocycles. The van der Waals surface area contributed by atoms with Gasteiger partial charge in [-0.3, -0.25) is 9.78 Å². The summed E-state index contributed by atoms with van der Waals surface area (Å²) in [4.78, 5) is 20.1. The number of rotatable bonds is 5. The number of carbonyl (C=O) groups is 1. The first-order chi connectivity index (χ1) is 10.8. The summed E-state index contributed by atoms with van der Waals surface area (Å²) in [5, 5.41) is 2.77. The van der Waals surface area contributed by atoms with Gasteiger partial charge < -0.3 is 14.8 Å². The zero-order valence-corrected chi connectivity index (χ0v) is 12.1. The molecule has 22 heavy (non-hydrogen) atoms. The lowest BCUT2D eigenvalue weighted by atomic mass is 10.2. The number of carbonyl (C=O) groups excluding carboxylic acids is 1. The maximum atomic E-state index is 12.1. The molecular formula is C16H17N3O3. The molecule has 1 saturated heterocycles. The summed E-state index contributed by atoms with van der Waals surface area (Å²) in [7, 11) is 0. The predicted molar refractivity (Wildman–Crippen MR) is 80.9 cm³/mol. The van der Waals surface area contributed by atoms with E-state index in [1.165, 1.54) is 6.20 Å². The van der Waals surface area contributed by atoms with E-state index in [4.69, 9.17) is 9.47 Å². The maximum absolute atomic E-state index is 12.1. The number of anilines is 1. The molecule has 1 amide bonds. The van der Waals surface area contributed by atoms with Crippen LogP contribution in [0.15, 0.2) is 42.9 Å². The Kier molecular flexibility index (Phi) is 4.60.